The predicted molar refractivity (Wildman–Crippen MR) is 49.9 cm³/mol. The lowest BCUT2D eigenvalue weighted by molar-refractivity contribution is -0.104. The number of allylic oxidation sites excluding steroid dienone is 1. The van der Waals surface area contributed by atoms with Crippen LogP contribution in [0.1, 0.15) is 33.6 Å². The molecular weight excluding hydrogens is 152 g/mol. The van der Waals surface area contributed by atoms with Crippen molar-refractivity contribution < 1.29 is 9.90 Å². The molecule has 0 bridgehead atoms. The highest BCUT2D eigenvalue weighted by molar-refractivity contribution is 5.65. The van der Waals surface area contributed by atoms with E-state index < -0.39 is 0 Å². The Balaban J connectivity index is 3.75. The summed E-state index contributed by atoms with van der Waals surface area (Å²) in [6.45, 7) is 6.00. The molecule has 0 radical (unpaired) electrons. The SMILES string of the molecule is CC(=CC=O)CC(O)CC(C)C. The van der Waals surface area contributed by atoms with Gasteiger partial charge in [0.05, 0.1) is 6.10 Å². The van der Waals surface area contributed by atoms with Gasteiger partial charge >= 0.3 is 0 Å². The van der Waals surface area contributed by atoms with Gasteiger partial charge in [0.2, 0.25) is 0 Å². The van der Waals surface area contributed by atoms with Gasteiger partial charge in [-0.15, -0.1) is 0 Å². The lowest BCUT2D eigenvalue weighted by Gasteiger charge is -2.12. The molecule has 0 saturated heterocycles. The highest BCUT2D eigenvalue weighted by Crippen LogP contribution is 2.11. The van der Waals surface area contributed by atoms with E-state index in [1.807, 2.05) is 6.92 Å². The minimum Gasteiger partial charge on any atom is -0.393 e. The molecule has 2 nitrogen and oxygen atoms in total. The first-order valence-electron chi connectivity index (χ1n) is 4.35. The number of carbonyl (C=O) groups excluding carboxylic acids is 1. The van der Waals surface area contributed by atoms with E-state index in [0.717, 1.165) is 18.3 Å². The van der Waals surface area contributed by atoms with E-state index in [-0.39, 0.29) is 6.10 Å². The van der Waals surface area contributed by atoms with Gasteiger partial charge in [-0.25, -0.2) is 0 Å². The van der Waals surface area contributed by atoms with Gasteiger partial charge in [-0.05, 0) is 31.8 Å². The Bertz CT molecular complexity index is 159. The van der Waals surface area contributed by atoms with Gasteiger partial charge in [0.25, 0.3) is 0 Å². The summed E-state index contributed by atoms with van der Waals surface area (Å²) in [5.74, 6) is 0.504. The van der Waals surface area contributed by atoms with Crippen LogP contribution >= 0.6 is 0 Å². The lowest BCUT2D eigenvalue weighted by atomic mass is 10.0. The molecule has 0 fully saturated rings. The number of carbonyl (C=O) groups is 1. The van der Waals surface area contributed by atoms with Crippen LogP contribution in [0.3, 0.4) is 0 Å². The summed E-state index contributed by atoms with van der Waals surface area (Å²) in [5.41, 5.74) is 0.943. The molecule has 1 unspecified atom stereocenters. The fraction of sp³-hybridized carbons (Fsp3) is 0.700. The van der Waals surface area contributed by atoms with Crippen molar-refractivity contribution in [3.05, 3.63) is 11.6 Å². The number of aliphatic hydroxyl groups excluding tert-OH is 1. The minimum atomic E-state index is -0.304. The van der Waals surface area contributed by atoms with Crippen LogP contribution in [0.5, 0.6) is 0 Å². The Morgan fingerprint density at radius 3 is 2.50 bits per heavy atom. The molecule has 0 heterocycles. The first-order chi connectivity index (χ1) is 5.56. The molecule has 1 atom stereocenters. The normalized spacial score (nSPS) is 14.9. The molecule has 0 amide bonds. The Hall–Kier alpha value is -0.630. The second-order valence-corrected chi connectivity index (χ2v) is 3.64. The molecule has 0 aliphatic carbocycles. The second-order valence-electron chi connectivity index (χ2n) is 3.64. The molecule has 1 N–H and O–H groups in total. The summed E-state index contributed by atoms with van der Waals surface area (Å²) >= 11 is 0. The van der Waals surface area contributed by atoms with Gasteiger partial charge in [0.1, 0.15) is 6.29 Å². The van der Waals surface area contributed by atoms with Gasteiger partial charge < -0.3 is 5.11 Å². The summed E-state index contributed by atoms with van der Waals surface area (Å²) in [6.07, 6.45) is 3.36. The molecule has 70 valence electrons. The number of aliphatic hydroxyl groups is 1. The third-order valence-electron chi connectivity index (χ3n) is 1.65. The predicted octanol–water partition coefficient (Wildman–Crippen LogP) is 1.93. The van der Waals surface area contributed by atoms with Crippen molar-refractivity contribution in [2.24, 2.45) is 5.92 Å². The summed E-state index contributed by atoms with van der Waals surface area (Å²) in [4.78, 5) is 10.1. The largest absolute Gasteiger partial charge is 0.393 e. The lowest BCUT2D eigenvalue weighted by Crippen LogP contribution is -2.10. The third kappa shape index (κ3) is 6.10. The van der Waals surface area contributed by atoms with Gasteiger partial charge in [0, 0.05) is 0 Å². The monoisotopic (exact) mass is 170 g/mol. The standard InChI is InChI=1S/C10H18O2/c1-8(2)6-10(12)7-9(3)4-5-11/h4-5,8,10,12H,6-7H2,1-3H3. The van der Waals surface area contributed by atoms with Crippen molar-refractivity contribution in [2.75, 3.05) is 0 Å². The van der Waals surface area contributed by atoms with Crippen LogP contribution in [0, 0.1) is 5.92 Å². The summed E-state index contributed by atoms with van der Waals surface area (Å²) in [5, 5.41) is 9.46. The molecule has 0 aliphatic heterocycles. The maximum absolute atomic E-state index is 10.1. The van der Waals surface area contributed by atoms with Crippen molar-refractivity contribution in [3.63, 3.8) is 0 Å². The molecule has 0 aromatic heterocycles. The highest BCUT2D eigenvalue weighted by Gasteiger charge is 2.06. The van der Waals surface area contributed by atoms with Gasteiger partial charge in [0.15, 0.2) is 0 Å². The molecule has 0 aromatic rings. The van der Waals surface area contributed by atoms with Gasteiger partial charge in [-0.1, -0.05) is 19.4 Å². The van der Waals surface area contributed by atoms with E-state index in [2.05, 4.69) is 13.8 Å². The van der Waals surface area contributed by atoms with E-state index >= 15 is 0 Å². The first-order valence-corrected chi connectivity index (χ1v) is 4.35. The smallest absolute Gasteiger partial charge is 0.142 e. The Morgan fingerprint density at radius 2 is 2.08 bits per heavy atom. The fourth-order valence-electron chi connectivity index (χ4n) is 1.18. The molecule has 0 spiro atoms. The highest BCUT2D eigenvalue weighted by atomic mass is 16.3. The van der Waals surface area contributed by atoms with E-state index in [1.54, 1.807) is 0 Å². The van der Waals surface area contributed by atoms with Crippen LogP contribution in [0.4, 0.5) is 0 Å². The van der Waals surface area contributed by atoms with Crippen LogP contribution in [0.15, 0.2) is 11.6 Å². The number of aldehydes is 1. The molecule has 0 aliphatic rings. The van der Waals surface area contributed by atoms with Crippen molar-refractivity contribution in [1.29, 1.82) is 0 Å². The number of rotatable bonds is 5. The van der Waals surface area contributed by atoms with Crippen molar-refractivity contribution >= 4 is 6.29 Å². The Labute approximate surface area is 74.3 Å². The third-order valence-corrected chi connectivity index (χ3v) is 1.65. The van der Waals surface area contributed by atoms with Gasteiger partial charge in [-0.3, -0.25) is 4.79 Å². The number of hydrogen-bond donors (Lipinski definition) is 1. The Kier molecular flexibility index (Phi) is 5.64. The zero-order valence-corrected chi connectivity index (χ0v) is 8.08. The average molecular weight is 170 g/mol. The number of hydrogen-bond acceptors (Lipinski definition) is 2. The zero-order chi connectivity index (χ0) is 9.56. The van der Waals surface area contributed by atoms with Crippen molar-refractivity contribution in [1.82, 2.24) is 0 Å². The first kappa shape index (κ1) is 11.4. The Morgan fingerprint density at radius 1 is 1.50 bits per heavy atom. The minimum absolute atomic E-state index is 0.304. The molecule has 2 heteroatoms. The summed E-state index contributed by atoms with van der Waals surface area (Å²) < 4.78 is 0. The molecule has 12 heavy (non-hydrogen) atoms. The van der Waals surface area contributed by atoms with Crippen LogP contribution < -0.4 is 0 Å². The summed E-state index contributed by atoms with van der Waals surface area (Å²) in [6, 6.07) is 0. The summed E-state index contributed by atoms with van der Waals surface area (Å²) in [7, 11) is 0. The molecular formula is C10H18O2. The fourth-order valence-corrected chi connectivity index (χ4v) is 1.18. The van der Waals surface area contributed by atoms with Crippen LogP contribution in [0.2, 0.25) is 0 Å². The zero-order valence-electron chi connectivity index (χ0n) is 8.08. The van der Waals surface area contributed by atoms with Crippen LogP contribution in [-0.2, 0) is 4.79 Å². The molecule has 0 aromatic carbocycles. The van der Waals surface area contributed by atoms with Crippen molar-refractivity contribution in [2.45, 2.75) is 39.7 Å². The van der Waals surface area contributed by atoms with E-state index in [9.17, 15) is 9.90 Å². The maximum Gasteiger partial charge on any atom is 0.142 e. The van der Waals surface area contributed by atoms with Crippen LogP contribution in [-0.4, -0.2) is 17.5 Å². The van der Waals surface area contributed by atoms with E-state index in [4.69, 9.17) is 0 Å². The topological polar surface area (TPSA) is 37.3 Å². The van der Waals surface area contributed by atoms with Gasteiger partial charge in [-0.2, -0.15) is 0 Å². The molecule has 0 rings (SSSR count). The van der Waals surface area contributed by atoms with Crippen molar-refractivity contribution in [3.8, 4) is 0 Å². The van der Waals surface area contributed by atoms with E-state index in [1.165, 1.54) is 6.08 Å². The average Bonchev–Trinajstić information content (AvgIpc) is 1.84. The quantitative estimate of drug-likeness (QED) is 0.505. The van der Waals surface area contributed by atoms with E-state index in [0.29, 0.717) is 12.3 Å². The second kappa shape index (κ2) is 5.95. The van der Waals surface area contributed by atoms with Crippen LogP contribution in [0.25, 0.3) is 0 Å². The molecule has 0 saturated carbocycles. The maximum atomic E-state index is 10.1.